The number of aryl methyl sites for hydroxylation is 1. The first kappa shape index (κ1) is 17.0. The second-order valence-electron chi connectivity index (χ2n) is 5.99. The summed E-state index contributed by atoms with van der Waals surface area (Å²) in [5.74, 6) is 0.388. The van der Waals surface area contributed by atoms with Crippen LogP contribution in [0.25, 0.3) is 22.4 Å². The largest absolute Gasteiger partial charge is 0.269 e. The third kappa shape index (κ3) is 2.75. The lowest BCUT2D eigenvalue weighted by Gasteiger charge is -2.12. The van der Waals surface area contributed by atoms with E-state index in [1.165, 1.54) is 3.97 Å². The van der Waals surface area contributed by atoms with E-state index in [0.717, 1.165) is 15.6 Å². The molecule has 0 aliphatic carbocycles. The van der Waals surface area contributed by atoms with E-state index in [1.807, 2.05) is 49.4 Å². The standard InChI is InChI=1S/C20H15BrN2O2S/c1-14-10-12-15(13-11-14)26(24,25)23-19-9-5-4-8-18(19)22-20(23)16-6-2-3-7-17(16)21/h2-13H,1H3. The van der Waals surface area contributed by atoms with Crippen LogP contribution in [0.15, 0.2) is 82.2 Å². The van der Waals surface area contributed by atoms with E-state index in [1.54, 1.807) is 30.3 Å². The molecule has 0 spiro atoms. The molecule has 0 saturated carbocycles. The number of fused-ring (bicyclic) bond motifs is 1. The molecule has 0 unspecified atom stereocenters. The van der Waals surface area contributed by atoms with Gasteiger partial charge in [0.25, 0.3) is 10.0 Å². The molecular weight excluding hydrogens is 412 g/mol. The third-order valence-corrected chi connectivity index (χ3v) is 6.60. The van der Waals surface area contributed by atoms with Gasteiger partial charge in [0.15, 0.2) is 5.82 Å². The number of imidazole rings is 1. The van der Waals surface area contributed by atoms with Gasteiger partial charge in [-0.25, -0.2) is 17.4 Å². The number of para-hydroxylation sites is 2. The molecule has 1 heterocycles. The Bertz CT molecular complexity index is 1210. The molecule has 6 heteroatoms. The van der Waals surface area contributed by atoms with Crippen molar-refractivity contribution < 1.29 is 8.42 Å². The summed E-state index contributed by atoms with van der Waals surface area (Å²) in [6, 6.07) is 21.6. The molecule has 0 fully saturated rings. The Morgan fingerprint density at radius 1 is 0.885 bits per heavy atom. The minimum absolute atomic E-state index is 0.236. The van der Waals surface area contributed by atoms with Crippen LogP contribution in [-0.2, 0) is 10.0 Å². The topological polar surface area (TPSA) is 52.0 Å². The molecule has 4 rings (SSSR count). The smallest absolute Gasteiger partial charge is 0.227 e. The number of halogens is 1. The van der Waals surface area contributed by atoms with Crippen molar-refractivity contribution in [1.29, 1.82) is 0 Å². The Hall–Kier alpha value is -2.44. The quantitative estimate of drug-likeness (QED) is 0.462. The van der Waals surface area contributed by atoms with Crippen molar-refractivity contribution in [2.24, 2.45) is 0 Å². The van der Waals surface area contributed by atoms with Gasteiger partial charge in [-0.3, -0.25) is 0 Å². The average Bonchev–Trinajstić information content (AvgIpc) is 3.02. The maximum atomic E-state index is 13.4. The summed E-state index contributed by atoms with van der Waals surface area (Å²) in [5.41, 5.74) is 2.91. The molecule has 1 aromatic heterocycles. The first-order valence-electron chi connectivity index (χ1n) is 8.03. The summed E-state index contributed by atoms with van der Waals surface area (Å²) in [6.45, 7) is 1.93. The summed E-state index contributed by atoms with van der Waals surface area (Å²) in [6.07, 6.45) is 0. The Morgan fingerprint density at radius 3 is 2.27 bits per heavy atom. The second-order valence-corrected chi connectivity index (χ2v) is 8.63. The summed E-state index contributed by atoms with van der Waals surface area (Å²) >= 11 is 3.51. The lowest BCUT2D eigenvalue weighted by atomic mass is 10.2. The van der Waals surface area contributed by atoms with Gasteiger partial charge in [-0.1, -0.05) is 64.0 Å². The molecule has 0 N–H and O–H groups in total. The molecule has 0 bridgehead atoms. The molecule has 130 valence electrons. The molecule has 0 aliphatic heterocycles. The van der Waals surface area contributed by atoms with Gasteiger partial charge < -0.3 is 0 Å². The van der Waals surface area contributed by atoms with Crippen LogP contribution in [0.2, 0.25) is 0 Å². The van der Waals surface area contributed by atoms with Crippen molar-refractivity contribution in [2.75, 3.05) is 0 Å². The number of nitrogens with zero attached hydrogens (tertiary/aromatic N) is 2. The van der Waals surface area contributed by atoms with Crippen LogP contribution in [0.5, 0.6) is 0 Å². The second kappa shape index (κ2) is 6.37. The predicted molar refractivity (Wildman–Crippen MR) is 107 cm³/mol. The number of benzene rings is 3. The van der Waals surface area contributed by atoms with Crippen LogP contribution in [0.1, 0.15) is 5.56 Å². The fourth-order valence-corrected chi connectivity index (χ4v) is 4.81. The van der Waals surface area contributed by atoms with Crippen molar-refractivity contribution in [3.05, 3.63) is 82.8 Å². The normalized spacial score (nSPS) is 11.8. The molecule has 0 aliphatic rings. The predicted octanol–water partition coefficient (Wildman–Crippen LogP) is 5.01. The van der Waals surface area contributed by atoms with Crippen LogP contribution in [0.4, 0.5) is 0 Å². The van der Waals surface area contributed by atoms with Crippen LogP contribution in [-0.4, -0.2) is 17.4 Å². The van der Waals surface area contributed by atoms with E-state index >= 15 is 0 Å². The first-order valence-corrected chi connectivity index (χ1v) is 10.3. The zero-order valence-corrected chi connectivity index (χ0v) is 16.3. The molecule has 26 heavy (non-hydrogen) atoms. The molecule has 0 atom stereocenters. The van der Waals surface area contributed by atoms with E-state index in [2.05, 4.69) is 20.9 Å². The molecule has 3 aromatic carbocycles. The summed E-state index contributed by atoms with van der Waals surface area (Å²) < 4.78 is 29.0. The van der Waals surface area contributed by atoms with Crippen molar-refractivity contribution >= 4 is 37.0 Å². The van der Waals surface area contributed by atoms with Gasteiger partial charge in [0.2, 0.25) is 0 Å². The molecule has 0 saturated heterocycles. The summed E-state index contributed by atoms with van der Waals surface area (Å²) in [4.78, 5) is 4.84. The molecule has 4 nitrogen and oxygen atoms in total. The highest BCUT2D eigenvalue weighted by molar-refractivity contribution is 9.10. The van der Waals surface area contributed by atoms with Crippen LogP contribution in [0.3, 0.4) is 0 Å². The monoisotopic (exact) mass is 426 g/mol. The maximum absolute atomic E-state index is 13.4. The number of hydrogen-bond donors (Lipinski definition) is 0. The van der Waals surface area contributed by atoms with E-state index in [0.29, 0.717) is 16.9 Å². The molecule has 0 amide bonds. The van der Waals surface area contributed by atoms with E-state index in [4.69, 9.17) is 0 Å². The van der Waals surface area contributed by atoms with Crippen LogP contribution < -0.4 is 0 Å². The highest BCUT2D eigenvalue weighted by atomic mass is 79.9. The number of rotatable bonds is 3. The van der Waals surface area contributed by atoms with Gasteiger partial charge >= 0.3 is 0 Å². The van der Waals surface area contributed by atoms with Gasteiger partial charge in [0.1, 0.15) is 0 Å². The molecular formula is C20H15BrN2O2S. The van der Waals surface area contributed by atoms with E-state index in [9.17, 15) is 8.42 Å². The summed E-state index contributed by atoms with van der Waals surface area (Å²) in [7, 11) is -3.80. The number of hydrogen-bond acceptors (Lipinski definition) is 3. The third-order valence-electron chi connectivity index (χ3n) is 4.19. The average molecular weight is 427 g/mol. The summed E-state index contributed by atoms with van der Waals surface area (Å²) in [5, 5.41) is 0. The van der Waals surface area contributed by atoms with Gasteiger partial charge in [0.05, 0.1) is 15.9 Å². The first-order chi connectivity index (χ1) is 12.5. The van der Waals surface area contributed by atoms with Gasteiger partial charge in [-0.2, -0.15) is 0 Å². The molecule has 0 radical (unpaired) electrons. The Labute approximate surface area is 160 Å². The van der Waals surface area contributed by atoms with Crippen molar-refractivity contribution in [3.8, 4) is 11.4 Å². The van der Waals surface area contributed by atoms with Crippen LogP contribution >= 0.6 is 15.9 Å². The minimum Gasteiger partial charge on any atom is -0.227 e. The fraction of sp³-hybridized carbons (Fsp3) is 0.0500. The van der Waals surface area contributed by atoms with Gasteiger partial charge in [0, 0.05) is 10.0 Å². The minimum atomic E-state index is -3.80. The maximum Gasteiger partial charge on any atom is 0.269 e. The van der Waals surface area contributed by atoms with Gasteiger partial charge in [-0.05, 0) is 37.3 Å². The fourth-order valence-electron chi connectivity index (χ4n) is 2.88. The van der Waals surface area contributed by atoms with Gasteiger partial charge in [-0.15, -0.1) is 0 Å². The lowest BCUT2D eigenvalue weighted by Crippen LogP contribution is -2.14. The van der Waals surface area contributed by atoms with Crippen molar-refractivity contribution in [3.63, 3.8) is 0 Å². The SMILES string of the molecule is Cc1ccc(S(=O)(=O)n2c(-c3ccccc3Br)nc3ccccc32)cc1. The van der Waals surface area contributed by atoms with E-state index < -0.39 is 10.0 Å². The highest BCUT2D eigenvalue weighted by Gasteiger charge is 2.25. The Balaban J connectivity index is 2.07. The van der Waals surface area contributed by atoms with Crippen molar-refractivity contribution in [2.45, 2.75) is 11.8 Å². The Kier molecular flexibility index (Phi) is 4.17. The van der Waals surface area contributed by atoms with E-state index in [-0.39, 0.29) is 4.90 Å². The zero-order chi connectivity index (χ0) is 18.3. The van der Waals surface area contributed by atoms with Crippen molar-refractivity contribution in [1.82, 2.24) is 8.96 Å². The zero-order valence-electron chi connectivity index (χ0n) is 13.9. The Morgan fingerprint density at radius 2 is 1.54 bits per heavy atom. The molecule has 4 aromatic rings. The lowest BCUT2D eigenvalue weighted by molar-refractivity contribution is 0.589. The highest BCUT2D eigenvalue weighted by Crippen LogP contribution is 2.33. The van der Waals surface area contributed by atoms with Crippen LogP contribution in [0, 0.1) is 6.92 Å². The number of aromatic nitrogens is 2.